The van der Waals surface area contributed by atoms with E-state index < -0.39 is 5.54 Å². The molecule has 3 heterocycles. The Morgan fingerprint density at radius 2 is 1.83 bits per heavy atom. The summed E-state index contributed by atoms with van der Waals surface area (Å²) in [5.41, 5.74) is 0.569. The monoisotopic (exact) mass is 486 g/mol. The van der Waals surface area contributed by atoms with Crippen LogP contribution in [-0.2, 0) is 10.3 Å². The van der Waals surface area contributed by atoms with E-state index in [1.807, 2.05) is 30.3 Å². The van der Waals surface area contributed by atoms with Gasteiger partial charge in [0.2, 0.25) is 5.91 Å². The first kappa shape index (κ1) is 22.8. The number of aromatic nitrogens is 3. The standard InChI is InChI=1S/C27H30N6O3/c34-24(31-27(10-11-27)26-28-12-4-13-29-26)20-17-33(16-18-7-8-18)14-9-21(20)30-25(35)22-15-23(36-32-22)19-5-2-1-3-6-19/h1-6,12-13,15,18,20-21H,7-11,14,16-17H2,(H,30,35)(H,31,34)/t20-,21-/m0/s1. The minimum atomic E-state index is -0.498. The number of amides is 2. The Kier molecular flexibility index (Phi) is 6.00. The number of benzene rings is 1. The van der Waals surface area contributed by atoms with Crippen LogP contribution in [0.3, 0.4) is 0 Å². The third-order valence-electron chi connectivity index (χ3n) is 7.47. The second-order valence-electron chi connectivity index (χ2n) is 10.3. The Balaban J connectivity index is 1.17. The lowest BCUT2D eigenvalue weighted by Crippen LogP contribution is -2.57. The lowest BCUT2D eigenvalue weighted by atomic mass is 9.90. The van der Waals surface area contributed by atoms with Crippen LogP contribution < -0.4 is 10.6 Å². The predicted octanol–water partition coefficient (Wildman–Crippen LogP) is 2.77. The SMILES string of the molecule is O=C(N[C@H]1CCN(CC2CC2)C[C@@H]1C(=O)NC1(c2ncccn2)CC1)c1cc(-c2ccccc2)on1. The summed E-state index contributed by atoms with van der Waals surface area (Å²) in [6.45, 7) is 2.49. The van der Waals surface area contributed by atoms with E-state index in [2.05, 4.69) is 30.7 Å². The number of rotatable bonds is 8. The molecule has 3 fully saturated rings. The summed E-state index contributed by atoms with van der Waals surface area (Å²) >= 11 is 0. The fourth-order valence-corrected chi connectivity index (χ4v) is 5.06. The summed E-state index contributed by atoms with van der Waals surface area (Å²) < 4.78 is 5.41. The molecule has 9 nitrogen and oxygen atoms in total. The van der Waals surface area contributed by atoms with Gasteiger partial charge >= 0.3 is 0 Å². The van der Waals surface area contributed by atoms with E-state index in [-0.39, 0.29) is 29.5 Å². The molecule has 2 aromatic heterocycles. The van der Waals surface area contributed by atoms with Crippen molar-refractivity contribution in [1.29, 1.82) is 0 Å². The molecule has 6 rings (SSSR count). The van der Waals surface area contributed by atoms with Crippen LogP contribution in [0, 0.1) is 11.8 Å². The maximum absolute atomic E-state index is 13.6. The number of carbonyl (C=O) groups is 2. The van der Waals surface area contributed by atoms with Gasteiger partial charge in [-0.05, 0) is 44.1 Å². The lowest BCUT2D eigenvalue weighted by Gasteiger charge is -2.38. The smallest absolute Gasteiger partial charge is 0.273 e. The maximum Gasteiger partial charge on any atom is 0.273 e. The third kappa shape index (κ3) is 4.88. The number of likely N-dealkylation sites (tertiary alicyclic amines) is 1. The van der Waals surface area contributed by atoms with Crippen LogP contribution in [0.5, 0.6) is 0 Å². The molecule has 3 aromatic rings. The van der Waals surface area contributed by atoms with Crippen LogP contribution >= 0.6 is 0 Å². The molecule has 0 spiro atoms. The molecule has 36 heavy (non-hydrogen) atoms. The molecule has 186 valence electrons. The molecule has 0 unspecified atom stereocenters. The topological polar surface area (TPSA) is 113 Å². The van der Waals surface area contributed by atoms with Gasteiger partial charge in [0.15, 0.2) is 17.3 Å². The molecule has 1 saturated heterocycles. The van der Waals surface area contributed by atoms with Crippen LogP contribution in [0.2, 0.25) is 0 Å². The van der Waals surface area contributed by atoms with Crippen LogP contribution in [0.15, 0.2) is 59.4 Å². The highest BCUT2D eigenvalue weighted by molar-refractivity contribution is 5.94. The minimum Gasteiger partial charge on any atom is -0.355 e. The van der Waals surface area contributed by atoms with Gasteiger partial charge in [0.05, 0.1) is 11.5 Å². The second kappa shape index (κ2) is 9.46. The molecule has 9 heteroatoms. The molecule has 1 aliphatic heterocycles. The summed E-state index contributed by atoms with van der Waals surface area (Å²) in [6, 6.07) is 12.7. The van der Waals surface area contributed by atoms with E-state index in [1.54, 1.807) is 24.5 Å². The first-order valence-corrected chi connectivity index (χ1v) is 12.7. The molecule has 3 aliphatic rings. The first-order valence-electron chi connectivity index (χ1n) is 12.7. The molecule has 2 N–H and O–H groups in total. The molecule has 2 saturated carbocycles. The van der Waals surface area contributed by atoms with Crippen LogP contribution in [0.25, 0.3) is 11.3 Å². The summed E-state index contributed by atoms with van der Waals surface area (Å²) in [6.07, 6.45) is 8.28. The number of carbonyl (C=O) groups excluding carboxylic acids is 2. The lowest BCUT2D eigenvalue weighted by molar-refractivity contribution is -0.128. The zero-order valence-electron chi connectivity index (χ0n) is 20.1. The van der Waals surface area contributed by atoms with Crippen molar-refractivity contribution < 1.29 is 14.1 Å². The fraction of sp³-hybridized carbons (Fsp3) is 0.444. The Bertz CT molecular complexity index is 1220. The summed E-state index contributed by atoms with van der Waals surface area (Å²) in [4.78, 5) is 37.9. The summed E-state index contributed by atoms with van der Waals surface area (Å²) in [7, 11) is 0. The Morgan fingerprint density at radius 1 is 1.06 bits per heavy atom. The van der Waals surface area contributed by atoms with Gasteiger partial charge in [0.25, 0.3) is 5.91 Å². The third-order valence-corrected chi connectivity index (χ3v) is 7.47. The van der Waals surface area contributed by atoms with E-state index in [0.717, 1.165) is 37.4 Å². The van der Waals surface area contributed by atoms with Crippen molar-refractivity contribution in [2.45, 2.75) is 43.7 Å². The van der Waals surface area contributed by atoms with Gasteiger partial charge in [-0.1, -0.05) is 35.5 Å². The number of hydrogen-bond acceptors (Lipinski definition) is 7. The first-order chi connectivity index (χ1) is 17.6. The molecule has 2 amide bonds. The van der Waals surface area contributed by atoms with Crippen LogP contribution in [0.1, 0.15) is 48.4 Å². The van der Waals surface area contributed by atoms with E-state index in [4.69, 9.17) is 4.52 Å². The van der Waals surface area contributed by atoms with Gasteiger partial charge in [-0.25, -0.2) is 9.97 Å². The fourth-order valence-electron chi connectivity index (χ4n) is 5.06. The Labute approximate surface area is 209 Å². The summed E-state index contributed by atoms with van der Waals surface area (Å²) in [5.74, 6) is 1.17. The van der Waals surface area contributed by atoms with E-state index in [9.17, 15) is 9.59 Å². The number of nitrogens with zero attached hydrogens (tertiary/aromatic N) is 4. The Morgan fingerprint density at radius 3 is 2.56 bits per heavy atom. The van der Waals surface area contributed by atoms with Gasteiger partial charge in [0.1, 0.15) is 0 Å². The minimum absolute atomic E-state index is 0.0594. The maximum atomic E-state index is 13.6. The molecule has 1 aromatic carbocycles. The van der Waals surface area contributed by atoms with Crippen molar-refractivity contribution >= 4 is 11.8 Å². The van der Waals surface area contributed by atoms with Gasteiger partial charge < -0.3 is 20.1 Å². The van der Waals surface area contributed by atoms with Gasteiger partial charge in [0, 0.05) is 49.7 Å². The van der Waals surface area contributed by atoms with Crippen LogP contribution in [0.4, 0.5) is 0 Å². The van der Waals surface area contributed by atoms with Crippen molar-refractivity contribution in [3.8, 4) is 11.3 Å². The molecule has 2 aliphatic carbocycles. The Hall–Kier alpha value is -3.59. The molecular weight excluding hydrogens is 456 g/mol. The zero-order valence-corrected chi connectivity index (χ0v) is 20.1. The van der Waals surface area contributed by atoms with Gasteiger partial charge in [-0.2, -0.15) is 0 Å². The summed E-state index contributed by atoms with van der Waals surface area (Å²) in [5, 5.41) is 10.3. The van der Waals surface area contributed by atoms with E-state index in [0.29, 0.717) is 24.6 Å². The highest BCUT2D eigenvalue weighted by Crippen LogP contribution is 2.44. The molecular formula is C27H30N6O3. The quantitative estimate of drug-likeness (QED) is 0.503. The average Bonchev–Trinajstić information content (AvgIpc) is 3.84. The highest BCUT2D eigenvalue weighted by Gasteiger charge is 2.50. The normalized spacial score (nSPS) is 23.1. The second-order valence-corrected chi connectivity index (χ2v) is 10.3. The predicted molar refractivity (Wildman–Crippen MR) is 132 cm³/mol. The van der Waals surface area contributed by atoms with Gasteiger partial charge in [-0.3, -0.25) is 9.59 Å². The van der Waals surface area contributed by atoms with Crippen LogP contribution in [-0.4, -0.2) is 57.5 Å². The van der Waals surface area contributed by atoms with E-state index >= 15 is 0 Å². The molecule has 0 bridgehead atoms. The van der Waals surface area contributed by atoms with Crippen molar-refractivity contribution in [3.05, 3.63) is 66.4 Å². The van der Waals surface area contributed by atoms with Crippen molar-refractivity contribution in [2.75, 3.05) is 19.6 Å². The molecule has 0 radical (unpaired) electrons. The number of piperidine rings is 1. The highest BCUT2D eigenvalue weighted by atomic mass is 16.5. The number of nitrogens with one attached hydrogen (secondary N) is 2. The van der Waals surface area contributed by atoms with Crippen molar-refractivity contribution in [3.63, 3.8) is 0 Å². The average molecular weight is 487 g/mol. The molecule has 2 atom stereocenters. The zero-order chi connectivity index (χ0) is 24.5. The van der Waals surface area contributed by atoms with Gasteiger partial charge in [-0.15, -0.1) is 0 Å². The van der Waals surface area contributed by atoms with E-state index in [1.165, 1.54) is 12.8 Å². The van der Waals surface area contributed by atoms with Crippen molar-refractivity contribution in [2.24, 2.45) is 11.8 Å². The largest absolute Gasteiger partial charge is 0.355 e. The van der Waals surface area contributed by atoms with Crippen molar-refractivity contribution in [1.82, 2.24) is 30.7 Å². The number of hydrogen-bond donors (Lipinski definition) is 2.